The highest BCUT2D eigenvalue weighted by Crippen LogP contribution is 2.48. The first kappa shape index (κ1) is 38.5. The number of carbonyl (C=O) groups excluding carboxylic acids is 3. The van der Waals surface area contributed by atoms with Crippen LogP contribution >= 0.6 is 11.6 Å². The van der Waals surface area contributed by atoms with Crippen molar-refractivity contribution in [1.82, 2.24) is 25.6 Å². The molecule has 0 saturated heterocycles. The monoisotopic (exact) mass is 753 g/mol. The fourth-order valence-electron chi connectivity index (χ4n) is 5.17. The second kappa shape index (κ2) is 16.7. The lowest BCUT2D eigenvalue weighted by molar-refractivity contribution is -0.154. The smallest absolute Gasteiger partial charge is 0.422 e. The summed E-state index contributed by atoms with van der Waals surface area (Å²) >= 11 is 6.02. The first-order valence-electron chi connectivity index (χ1n) is 16.5. The zero-order valence-electron chi connectivity index (χ0n) is 28.3. The van der Waals surface area contributed by atoms with Gasteiger partial charge >= 0.3 is 18.2 Å². The molecule has 0 bridgehead atoms. The van der Waals surface area contributed by atoms with Crippen LogP contribution in [0, 0.1) is 6.92 Å². The van der Waals surface area contributed by atoms with Crippen LogP contribution in [-0.2, 0) is 26.3 Å². The highest BCUT2D eigenvalue weighted by atomic mass is 35.5. The molecule has 3 aromatic carbocycles. The van der Waals surface area contributed by atoms with Crippen molar-refractivity contribution in [3.8, 4) is 6.01 Å². The molecule has 0 unspecified atom stereocenters. The summed E-state index contributed by atoms with van der Waals surface area (Å²) < 4.78 is 43.6. The van der Waals surface area contributed by atoms with Gasteiger partial charge in [-0.3, -0.25) is 14.4 Å². The van der Waals surface area contributed by atoms with Crippen molar-refractivity contribution in [1.29, 1.82) is 0 Å². The number of carboxylic acids is 1. The molecule has 1 heterocycles. The van der Waals surface area contributed by atoms with Crippen LogP contribution in [0.15, 0.2) is 72.8 Å². The van der Waals surface area contributed by atoms with E-state index >= 15 is 0 Å². The first-order chi connectivity index (χ1) is 25.2. The second-order valence-electron chi connectivity index (χ2n) is 12.4. The van der Waals surface area contributed by atoms with Gasteiger partial charge in [-0.15, -0.1) is 0 Å². The molecule has 1 aromatic heterocycles. The molecule has 5 N–H and O–H groups in total. The summed E-state index contributed by atoms with van der Waals surface area (Å²) in [7, 11) is 0. The lowest BCUT2D eigenvalue weighted by Crippen LogP contribution is -2.42. The molecule has 0 spiro atoms. The van der Waals surface area contributed by atoms with Crippen LogP contribution in [0.25, 0.3) is 0 Å². The van der Waals surface area contributed by atoms with Gasteiger partial charge in [0, 0.05) is 29.2 Å². The van der Waals surface area contributed by atoms with Gasteiger partial charge in [0.15, 0.2) is 6.61 Å². The Kier molecular flexibility index (Phi) is 12.1. The number of alkyl halides is 3. The molecule has 1 saturated carbocycles. The predicted molar refractivity (Wildman–Crippen MR) is 188 cm³/mol. The Morgan fingerprint density at radius 2 is 1.58 bits per heavy atom. The number of aromatic nitrogens is 3. The van der Waals surface area contributed by atoms with Crippen molar-refractivity contribution in [3.63, 3.8) is 0 Å². The Morgan fingerprint density at radius 1 is 0.925 bits per heavy atom. The van der Waals surface area contributed by atoms with E-state index in [-0.39, 0.29) is 30.4 Å². The molecule has 1 aliphatic rings. The molecule has 278 valence electrons. The quantitative estimate of drug-likeness (QED) is 0.0857. The third-order valence-corrected chi connectivity index (χ3v) is 8.47. The molecule has 53 heavy (non-hydrogen) atoms. The van der Waals surface area contributed by atoms with E-state index in [9.17, 15) is 37.5 Å². The molecule has 5 rings (SSSR count). The third-order valence-electron chi connectivity index (χ3n) is 8.22. The van der Waals surface area contributed by atoms with Crippen LogP contribution < -0.4 is 26.0 Å². The van der Waals surface area contributed by atoms with Gasteiger partial charge in [0.1, 0.15) is 6.04 Å². The third kappa shape index (κ3) is 11.4. The van der Waals surface area contributed by atoms with Crippen molar-refractivity contribution >= 4 is 52.8 Å². The van der Waals surface area contributed by atoms with Crippen LogP contribution in [-0.4, -0.2) is 69.0 Å². The van der Waals surface area contributed by atoms with Crippen molar-refractivity contribution in [2.45, 2.75) is 56.8 Å². The minimum Gasteiger partial charge on any atom is -0.480 e. The molecule has 1 aliphatic carbocycles. The van der Waals surface area contributed by atoms with Crippen molar-refractivity contribution in [2.75, 3.05) is 23.8 Å². The van der Waals surface area contributed by atoms with Gasteiger partial charge in [-0.25, -0.2) is 4.79 Å². The number of carbonyl (C=O) groups is 4. The highest BCUT2D eigenvalue weighted by molar-refractivity contribution is 6.36. The fraction of sp³-hybridized carbons (Fsp3) is 0.306. The zero-order valence-corrected chi connectivity index (χ0v) is 29.1. The standard InChI is InChI=1S/C36H35ClF3N7O6/c1-21-2-4-22(5-3-21)16-19-41-30(50)28(48)15-14-27(31(51)52)43-29(49)23-6-12-26(13-7-23)42-32-44-33(46-34(45-32)53-20-36(38,39)40)47-35(17-18-35)24-8-10-25(37)11-9-24/h2-13,27H,14-20H2,1H3,(H,41,50)(H,43,49)(H,51,52)(H2,42,44,45,46,47)/t27-/m0/s1. The molecular weight excluding hydrogens is 719 g/mol. The van der Waals surface area contributed by atoms with Crippen molar-refractivity contribution in [3.05, 3.63) is 100 Å². The first-order valence-corrected chi connectivity index (χ1v) is 16.8. The number of halogens is 4. The van der Waals surface area contributed by atoms with Crippen LogP contribution in [0.3, 0.4) is 0 Å². The number of nitrogens with zero attached hydrogens (tertiary/aromatic N) is 3. The van der Waals surface area contributed by atoms with E-state index < -0.39 is 60.4 Å². The Bertz CT molecular complexity index is 1940. The van der Waals surface area contributed by atoms with Crippen LogP contribution in [0.5, 0.6) is 6.01 Å². The van der Waals surface area contributed by atoms with Crippen molar-refractivity contribution < 1.29 is 42.2 Å². The molecule has 17 heteroatoms. The summed E-state index contributed by atoms with van der Waals surface area (Å²) in [6.45, 7) is 0.547. The summed E-state index contributed by atoms with van der Waals surface area (Å²) in [5.74, 6) is -4.00. The summed E-state index contributed by atoms with van der Waals surface area (Å²) in [5, 5.41) is 21.1. The minimum atomic E-state index is -4.64. The van der Waals surface area contributed by atoms with E-state index in [1.807, 2.05) is 43.3 Å². The number of anilines is 3. The normalized spacial score (nSPS) is 13.7. The molecule has 4 aromatic rings. The Balaban J connectivity index is 1.18. The number of Topliss-reactive ketones (excluding diaryl/α,β-unsaturated/α-hetero) is 1. The molecule has 0 radical (unpaired) electrons. The predicted octanol–water partition coefficient (Wildman–Crippen LogP) is 5.51. The number of hydrogen-bond acceptors (Lipinski definition) is 10. The number of amides is 2. The van der Waals surface area contributed by atoms with E-state index in [0.717, 1.165) is 16.7 Å². The molecular formula is C36H35ClF3N7O6. The lowest BCUT2D eigenvalue weighted by atomic mass is 10.1. The van der Waals surface area contributed by atoms with Gasteiger partial charge in [-0.05, 0) is 80.1 Å². The number of benzene rings is 3. The Hall–Kier alpha value is -5.77. The van der Waals surface area contributed by atoms with Gasteiger partial charge < -0.3 is 31.1 Å². The molecule has 2 amide bonds. The van der Waals surface area contributed by atoms with Gasteiger partial charge in [-0.1, -0.05) is 53.6 Å². The van der Waals surface area contributed by atoms with E-state index in [0.29, 0.717) is 30.0 Å². The number of ketones is 1. The summed E-state index contributed by atoms with van der Waals surface area (Å²) in [6.07, 6.45) is -3.45. The van der Waals surface area contributed by atoms with Crippen LogP contribution in [0.2, 0.25) is 5.02 Å². The largest absolute Gasteiger partial charge is 0.480 e. The number of hydrogen-bond donors (Lipinski definition) is 5. The maximum absolute atomic E-state index is 12.9. The number of carboxylic acid groups (broad SMARTS) is 1. The highest BCUT2D eigenvalue weighted by Gasteiger charge is 2.45. The maximum Gasteiger partial charge on any atom is 0.422 e. The molecule has 0 aliphatic heterocycles. The second-order valence-corrected chi connectivity index (χ2v) is 12.8. The van der Waals surface area contributed by atoms with E-state index in [2.05, 4.69) is 36.2 Å². The topological polar surface area (TPSA) is 185 Å². The van der Waals surface area contributed by atoms with E-state index in [1.54, 1.807) is 12.1 Å². The number of aryl methyl sites for hydroxylation is 1. The zero-order chi connectivity index (χ0) is 38.2. The minimum absolute atomic E-state index is 0.0407. The van der Waals surface area contributed by atoms with E-state index in [4.69, 9.17) is 16.3 Å². The molecule has 1 atom stereocenters. The van der Waals surface area contributed by atoms with Gasteiger partial charge in [0.25, 0.3) is 11.8 Å². The molecule has 13 nitrogen and oxygen atoms in total. The van der Waals surface area contributed by atoms with Gasteiger partial charge in [0.2, 0.25) is 17.7 Å². The number of nitrogens with one attached hydrogen (secondary N) is 4. The van der Waals surface area contributed by atoms with Crippen LogP contribution in [0.1, 0.15) is 52.7 Å². The SMILES string of the molecule is Cc1ccc(CCNC(=O)C(=O)CC[C@H](NC(=O)c2ccc(Nc3nc(NC4(c5ccc(Cl)cc5)CC4)nc(OCC(F)(F)F)n3)cc2)C(=O)O)cc1. The number of aliphatic carboxylic acids is 1. The average Bonchev–Trinajstić information content (AvgIpc) is 3.90. The van der Waals surface area contributed by atoms with Crippen molar-refractivity contribution in [2.24, 2.45) is 0 Å². The lowest BCUT2D eigenvalue weighted by Gasteiger charge is -2.19. The van der Waals surface area contributed by atoms with Gasteiger partial charge in [-0.2, -0.15) is 28.1 Å². The number of rotatable bonds is 17. The fourth-order valence-corrected chi connectivity index (χ4v) is 5.29. The summed E-state index contributed by atoms with van der Waals surface area (Å²) in [6, 6.07) is 18.4. The van der Waals surface area contributed by atoms with E-state index in [1.165, 1.54) is 24.3 Å². The Morgan fingerprint density at radius 3 is 2.21 bits per heavy atom. The Labute approximate surface area is 306 Å². The average molecular weight is 754 g/mol. The number of ether oxygens (including phenoxy) is 1. The summed E-state index contributed by atoms with van der Waals surface area (Å²) in [4.78, 5) is 61.7. The van der Waals surface area contributed by atoms with Crippen LogP contribution in [0.4, 0.5) is 30.8 Å². The molecule has 1 fully saturated rings. The summed E-state index contributed by atoms with van der Waals surface area (Å²) in [5.41, 5.74) is 2.79. The maximum atomic E-state index is 12.9. The van der Waals surface area contributed by atoms with Gasteiger partial charge in [0.05, 0.1) is 5.54 Å².